The van der Waals surface area contributed by atoms with Crippen molar-refractivity contribution < 1.29 is 14.3 Å². The summed E-state index contributed by atoms with van der Waals surface area (Å²) in [4.78, 5) is 27.6. The van der Waals surface area contributed by atoms with Crippen LogP contribution >= 0.6 is 11.3 Å². The van der Waals surface area contributed by atoms with Crippen LogP contribution in [0.2, 0.25) is 0 Å². The van der Waals surface area contributed by atoms with E-state index in [9.17, 15) is 9.59 Å². The number of carbonyl (C=O) groups excluding carboxylic acids is 2. The number of carbonyl (C=O) groups is 2. The lowest BCUT2D eigenvalue weighted by Crippen LogP contribution is -2.42. The van der Waals surface area contributed by atoms with Gasteiger partial charge >= 0.3 is 5.97 Å². The summed E-state index contributed by atoms with van der Waals surface area (Å²) in [7, 11) is 0. The van der Waals surface area contributed by atoms with Crippen LogP contribution in [0.5, 0.6) is 0 Å². The summed E-state index contributed by atoms with van der Waals surface area (Å²) in [5, 5.41) is 6.86. The van der Waals surface area contributed by atoms with Gasteiger partial charge in [0.1, 0.15) is 12.6 Å². The molecule has 0 bridgehead atoms. The summed E-state index contributed by atoms with van der Waals surface area (Å²) in [5.74, 6) is -0.696. The number of rotatable bonds is 6. The number of aromatic amines is 1. The van der Waals surface area contributed by atoms with Gasteiger partial charge in [-0.2, -0.15) is 0 Å². The number of para-hydroxylation sites is 1. The molecule has 0 aliphatic heterocycles. The van der Waals surface area contributed by atoms with E-state index in [0.717, 1.165) is 32.1 Å². The third-order valence-corrected chi connectivity index (χ3v) is 5.70. The maximum absolute atomic E-state index is 12.7. The molecule has 0 aliphatic carbocycles. The third-order valence-electron chi connectivity index (χ3n) is 4.69. The third kappa shape index (κ3) is 3.77. The Morgan fingerprint density at radius 1 is 1.07 bits per heavy atom. The van der Waals surface area contributed by atoms with Crippen LogP contribution in [0.25, 0.3) is 21.0 Å². The second kappa shape index (κ2) is 7.86. The zero-order valence-electron chi connectivity index (χ0n) is 15.4. The number of benzene rings is 2. The standard InChI is InChI=1S/C22H20N2O3S/c1-14(25)24-20(10-15-11-23-19-8-4-2-6-17(15)19)22(26)27-12-16-13-28-21-9-5-3-7-18(16)21/h2-9,11,13,20,23H,10,12H2,1H3,(H,24,25)/t20-/m0/s1. The number of thiophene rings is 1. The Labute approximate surface area is 166 Å². The van der Waals surface area contributed by atoms with Crippen molar-refractivity contribution in [2.45, 2.75) is 26.0 Å². The zero-order valence-corrected chi connectivity index (χ0v) is 16.2. The van der Waals surface area contributed by atoms with Crippen LogP contribution in [0.3, 0.4) is 0 Å². The summed E-state index contributed by atoms with van der Waals surface area (Å²) >= 11 is 1.62. The second-order valence-electron chi connectivity index (χ2n) is 6.68. The number of aromatic nitrogens is 1. The quantitative estimate of drug-likeness (QED) is 0.484. The monoisotopic (exact) mass is 392 g/mol. The molecule has 5 nitrogen and oxygen atoms in total. The highest BCUT2D eigenvalue weighted by Gasteiger charge is 2.23. The van der Waals surface area contributed by atoms with Crippen molar-refractivity contribution in [1.82, 2.24) is 10.3 Å². The van der Waals surface area contributed by atoms with Gasteiger partial charge in [0.05, 0.1) is 0 Å². The summed E-state index contributed by atoms with van der Waals surface area (Å²) in [6.07, 6.45) is 2.24. The Morgan fingerprint density at radius 2 is 1.82 bits per heavy atom. The maximum Gasteiger partial charge on any atom is 0.329 e. The van der Waals surface area contributed by atoms with Gasteiger partial charge in [-0.1, -0.05) is 36.4 Å². The molecule has 1 atom stereocenters. The van der Waals surface area contributed by atoms with E-state index in [2.05, 4.69) is 10.3 Å². The number of H-pyrrole nitrogens is 1. The van der Waals surface area contributed by atoms with Gasteiger partial charge in [0.15, 0.2) is 0 Å². The Hall–Kier alpha value is -3.12. The zero-order chi connectivity index (χ0) is 19.5. The molecule has 2 aromatic heterocycles. The van der Waals surface area contributed by atoms with Crippen LogP contribution in [-0.2, 0) is 27.4 Å². The minimum atomic E-state index is -0.735. The second-order valence-corrected chi connectivity index (χ2v) is 7.59. The van der Waals surface area contributed by atoms with Gasteiger partial charge in [0, 0.05) is 40.7 Å². The lowest BCUT2D eigenvalue weighted by atomic mass is 10.0. The van der Waals surface area contributed by atoms with E-state index < -0.39 is 12.0 Å². The smallest absolute Gasteiger partial charge is 0.329 e. The molecular weight excluding hydrogens is 372 g/mol. The van der Waals surface area contributed by atoms with Gasteiger partial charge in [0.25, 0.3) is 0 Å². The van der Waals surface area contributed by atoms with E-state index in [0.29, 0.717) is 6.42 Å². The van der Waals surface area contributed by atoms with Crippen molar-refractivity contribution in [1.29, 1.82) is 0 Å². The molecule has 4 aromatic rings. The fourth-order valence-corrected chi connectivity index (χ4v) is 4.30. The highest BCUT2D eigenvalue weighted by molar-refractivity contribution is 7.17. The minimum absolute atomic E-state index is 0.187. The summed E-state index contributed by atoms with van der Waals surface area (Å²) in [6, 6.07) is 15.2. The number of amides is 1. The van der Waals surface area contributed by atoms with Gasteiger partial charge in [0.2, 0.25) is 5.91 Å². The minimum Gasteiger partial charge on any atom is -0.459 e. The Balaban J connectivity index is 1.50. The largest absolute Gasteiger partial charge is 0.459 e. The highest BCUT2D eigenvalue weighted by atomic mass is 32.1. The van der Waals surface area contributed by atoms with E-state index in [1.807, 2.05) is 60.1 Å². The molecule has 1 amide bonds. The number of hydrogen-bond acceptors (Lipinski definition) is 4. The Morgan fingerprint density at radius 3 is 2.64 bits per heavy atom. The molecule has 0 unspecified atom stereocenters. The highest BCUT2D eigenvalue weighted by Crippen LogP contribution is 2.26. The number of hydrogen-bond donors (Lipinski definition) is 2. The summed E-state index contributed by atoms with van der Waals surface area (Å²) in [6.45, 7) is 1.59. The van der Waals surface area contributed by atoms with Crippen LogP contribution in [0.15, 0.2) is 60.1 Å². The molecule has 2 heterocycles. The lowest BCUT2D eigenvalue weighted by molar-refractivity contribution is -0.148. The van der Waals surface area contributed by atoms with Crippen molar-refractivity contribution in [3.63, 3.8) is 0 Å². The molecule has 0 saturated carbocycles. The first-order chi connectivity index (χ1) is 13.6. The molecule has 6 heteroatoms. The lowest BCUT2D eigenvalue weighted by Gasteiger charge is -2.16. The van der Waals surface area contributed by atoms with Gasteiger partial charge in [-0.25, -0.2) is 4.79 Å². The summed E-state index contributed by atoms with van der Waals surface area (Å²) < 4.78 is 6.72. The molecule has 28 heavy (non-hydrogen) atoms. The molecule has 4 rings (SSSR count). The molecule has 2 N–H and O–H groups in total. The van der Waals surface area contributed by atoms with Crippen LogP contribution in [0, 0.1) is 0 Å². The number of nitrogens with one attached hydrogen (secondary N) is 2. The molecule has 0 radical (unpaired) electrons. The van der Waals surface area contributed by atoms with Crippen LogP contribution in [-0.4, -0.2) is 22.9 Å². The van der Waals surface area contributed by atoms with Crippen LogP contribution < -0.4 is 5.32 Å². The molecule has 2 aromatic carbocycles. The molecule has 0 spiro atoms. The van der Waals surface area contributed by atoms with Gasteiger partial charge in [-0.05, 0) is 28.5 Å². The fourth-order valence-electron chi connectivity index (χ4n) is 3.35. The van der Waals surface area contributed by atoms with E-state index >= 15 is 0 Å². The number of esters is 1. The molecular formula is C22H20N2O3S. The average molecular weight is 392 g/mol. The van der Waals surface area contributed by atoms with Gasteiger partial charge in [-0.3, -0.25) is 4.79 Å². The first kappa shape index (κ1) is 18.3. The number of ether oxygens (including phenoxy) is 1. The van der Waals surface area contributed by atoms with Crippen molar-refractivity contribution in [2.24, 2.45) is 0 Å². The Kier molecular flexibility index (Phi) is 5.12. The van der Waals surface area contributed by atoms with Crippen molar-refractivity contribution >= 4 is 44.2 Å². The molecule has 0 saturated heterocycles. The summed E-state index contributed by atoms with van der Waals surface area (Å²) in [5.41, 5.74) is 2.94. The van der Waals surface area contributed by atoms with E-state index in [1.165, 1.54) is 6.92 Å². The Bertz CT molecular complexity index is 1140. The first-order valence-electron chi connectivity index (χ1n) is 9.05. The average Bonchev–Trinajstić information content (AvgIpc) is 3.30. The number of fused-ring (bicyclic) bond motifs is 2. The van der Waals surface area contributed by atoms with Crippen molar-refractivity contribution in [3.8, 4) is 0 Å². The predicted molar refractivity (Wildman–Crippen MR) is 111 cm³/mol. The fraction of sp³-hybridized carbons (Fsp3) is 0.182. The topological polar surface area (TPSA) is 71.2 Å². The first-order valence-corrected chi connectivity index (χ1v) is 9.93. The van der Waals surface area contributed by atoms with Crippen LogP contribution in [0.4, 0.5) is 0 Å². The molecule has 0 fully saturated rings. The van der Waals surface area contributed by atoms with Crippen LogP contribution in [0.1, 0.15) is 18.1 Å². The van der Waals surface area contributed by atoms with E-state index in [-0.39, 0.29) is 12.5 Å². The van der Waals surface area contributed by atoms with E-state index in [4.69, 9.17) is 4.74 Å². The maximum atomic E-state index is 12.7. The SMILES string of the molecule is CC(=O)N[C@@H](Cc1c[nH]c2ccccc12)C(=O)OCc1csc2ccccc12. The predicted octanol–water partition coefficient (Wildman–Crippen LogP) is 4.17. The van der Waals surface area contributed by atoms with Gasteiger partial charge in [-0.15, -0.1) is 11.3 Å². The van der Waals surface area contributed by atoms with Crippen molar-refractivity contribution in [3.05, 3.63) is 71.2 Å². The normalized spacial score (nSPS) is 12.2. The van der Waals surface area contributed by atoms with Crippen molar-refractivity contribution in [2.75, 3.05) is 0 Å². The van der Waals surface area contributed by atoms with Gasteiger partial charge < -0.3 is 15.0 Å². The van der Waals surface area contributed by atoms with E-state index in [1.54, 1.807) is 11.3 Å². The molecule has 142 valence electrons. The molecule has 0 aliphatic rings.